The second-order valence-corrected chi connectivity index (χ2v) is 4.83. The standard InChI is InChI=1S/C16H21N3/c1-3-7-18-16(11-14-5-4-8-17-12-14)15-10-13(2)6-9-19-15/h4-6,8-10,12,16,18H,3,7,11H2,1-2H3. The zero-order valence-corrected chi connectivity index (χ0v) is 11.6. The highest BCUT2D eigenvalue weighted by Crippen LogP contribution is 2.17. The summed E-state index contributed by atoms with van der Waals surface area (Å²) in [6.07, 6.45) is 7.66. The number of nitrogens with one attached hydrogen (secondary N) is 1. The largest absolute Gasteiger partial charge is 0.308 e. The molecule has 0 amide bonds. The minimum absolute atomic E-state index is 0.254. The van der Waals surface area contributed by atoms with Crippen molar-refractivity contribution < 1.29 is 0 Å². The average Bonchev–Trinajstić information content (AvgIpc) is 2.44. The summed E-state index contributed by atoms with van der Waals surface area (Å²) in [4.78, 5) is 8.69. The molecular weight excluding hydrogens is 234 g/mol. The van der Waals surface area contributed by atoms with Gasteiger partial charge in [0.2, 0.25) is 0 Å². The molecule has 0 aliphatic carbocycles. The van der Waals surface area contributed by atoms with Crippen LogP contribution in [0.25, 0.3) is 0 Å². The van der Waals surface area contributed by atoms with E-state index in [0.29, 0.717) is 0 Å². The maximum absolute atomic E-state index is 4.51. The van der Waals surface area contributed by atoms with Crippen LogP contribution in [0.4, 0.5) is 0 Å². The Balaban J connectivity index is 2.16. The summed E-state index contributed by atoms with van der Waals surface area (Å²) in [5, 5.41) is 3.57. The molecule has 0 aliphatic heterocycles. The lowest BCUT2D eigenvalue weighted by Gasteiger charge is -2.18. The summed E-state index contributed by atoms with van der Waals surface area (Å²) in [5.41, 5.74) is 3.59. The van der Waals surface area contributed by atoms with Gasteiger partial charge in [-0.25, -0.2) is 0 Å². The van der Waals surface area contributed by atoms with Crippen LogP contribution in [0.3, 0.4) is 0 Å². The van der Waals surface area contributed by atoms with E-state index >= 15 is 0 Å². The first-order valence-electron chi connectivity index (χ1n) is 6.84. The molecule has 1 atom stereocenters. The van der Waals surface area contributed by atoms with Gasteiger partial charge < -0.3 is 5.32 Å². The lowest BCUT2D eigenvalue weighted by molar-refractivity contribution is 0.517. The fourth-order valence-corrected chi connectivity index (χ4v) is 2.10. The molecule has 0 spiro atoms. The predicted octanol–water partition coefficient (Wildman–Crippen LogP) is 3.07. The molecule has 3 nitrogen and oxygen atoms in total. The topological polar surface area (TPSA) is 37.8 Å². The van der Waals surface area contributed by atoms with Gasteiger partial charge in [-0.2, -0.15) is 0 Å². The Labute approximate surface area is 115 Å². The smallest absolute Gasteiger partial charge is 0.0579 e. The molecular formula is C16H21N3. The summed E-state index contributed by atoms with van der Waals surface area (Å²) in [6, 6.07) is 8.54. The molecule has 0 bridgehead atoms. The Morgan fingerprint density at radius 2 is 2.16 bits per heavy atom. The molecule has 0 fully saturated rings. The van der Waals surface area contributed by atoms with Crippen molar-refractivity contribution in [1.29, 1.82) is 0 Å². The van der Waals surface area contributed by atoms with Gasteiger partial charge in [0.1, 0.15) is 0 Å². The first kappa shape index (κ1) is 13.7. The molecule has 0 saturated carbocycles. The summed E-state index contributed by atoms with van der Waals surface area (Å²) in [7, 11) is 0. The molecule has 0 radical (unpaired) electrons. The number of rotatable bonds is 6. The van der Waals surface area contributed by atoms with E-state index in [1.807, 2.05) is 30.7 Å². The van der Waals surface area contributed by atoms with Gasteiger partial charge in [-0.05, 0) is 55.6 Å². The van der Waals surface area contributed by atoms with E-state index in [1.165, 1.54) is 11.1 Å². The van der Waals surface area contributed by atoms with E-state index in [-0.39, 0.29) is 6.04 Å². The quantitative estimate of drug-likeness (QED) is 0.862. The third kappa shape index (κ3) is 4.14. The monoisotopic (exact) mass is 255 g/mol. The molecule has 1 unspecified atom stereocenters. The molecule has 1 N–H and O–H groups in total. The molecule has 2 aromatic heterocycles. The van der Waals surface area contributed by atoms with Gasteiger partial charge in [-0.15, -0.1) is 0 Å². The Morgan fingerprint density at radius 1 is 1.26 bits per heavy atom. The predicted molar refractivity (Wildman–Crippen MR) is 77.9 cm³/mol. The molecule has 2 rings (SSSR count). The third-order valence-electron chi connectivity index (χ3n) is 3.10. The average molecular weight is 255 g/mol. The minimum atomic E-state index is 0.254. The first-order valence-corrected chi connectivity index (χ1v) is 6.84. The van der Waals surface area contributed by atoms with E-state index in [0.717, 1.165) is 25.1 Å². The van der Waals surface area contributed by atoms with Crippen molar-refractivity contribution in [3.8, 4) is 0 Å². The number of hydrogen-bond acceptors (Lipinski definition) is 3. The summed E-state index contributed by atoms with van der Waals surface area (Å²) >= 11 is 0. The van der Waals surface area contributed by atoms with Gasteiger partial charge in [0.05, 0.1) is 11.7 Å². The van der Waals surface area contributed by atoms with Gasteiger partial charge in [0.25, 0.3) is 0 Å². The Hall–Kier alpha value is -1.74. The Kier molecular flexibility index (Phi) is 5.04. The molecule has 2 aromatic rings. The molecule has 0 aliphatic rings. The minimum Gasteiger partial charge on any atom is -0.308 e. The number of nitrogens with zero attached hydrogens (tertiary/aromatic N) is 2. The SMILES string of the molecule is CCCNC(Cc1cccnc1)c1cc(C)ccn1. The van der Waals surface area contributed by atoms with Crippen LogP contribution in [-0.2, 0) is 6.42 Å². The van der Waals surface area contributed by atoms with E-state index in [9.17, 15) is 0 Å². The van der Waals surface area contributed by atoms with Crippen molar-refractivity contribution >= 4 is 0 Å². The zero-order valence-electron chi connectivity index (χ0n) is 11.6. The lowest BCUT2D eigenvalue weighted by atomic mass is 10.0. The molecule has 2 heterocycles. The fraction of sp³-hybridized carbons (Fsp3) is 0.375. The highest BCUT2D eigenvalue weighted by Gasteiger charge is 2.13. The molecule has 0 saturated heterocycles. The van der Waals surface area contributed by atoms with Crippen LogP contribution in [0.5, 0.6) is 0 Å². The number of pyridine rings is 2. The fourth-order valence-electron chi connectivity index (χ4n) is 2.10. The van der Waals surface area contributed by atoms with E-state index < -0.39 is 0 Å². The van der Waals surface area contributed by atoms with Crippen LogP contribution in [0.2, 0.25) is 0 Å². The Morgan fingerprint density at radius 3 is 2.84 bits per heavy atom. The second kappa shape index (κ2) is 7.00. The highest BCUT2D eigenvalue weighted by molar-refractivity contribution is 5.20. The number of hydrogen-bond donors (Lipinski definition) is 1. The van der Waals surface area contributed by atoms with Crippen molar-refractivity contribution in [2.75, 3.05) is 6.54 Å². The van der Waals surface area contributed by atoms with Crippen LogP contribution < -0.4 is 5.32 Å². The maximum atomic E-state index is 4.51. The van der Waals surface area contributed by atoms with Gasteiger partial charge in [0.15, 0.2) is 0 Å². The van der Waals surface area contributed by atoms with Crippen LogP contribution in [0, 0.1) is 6.92 Å². The van der Waals surface area contributed by atoms with E-state index in [4.69, 9.17) is 0 Å². The third-order valence-corrected chi connectivity index (χ3v) is 3.10. The van der Waals surface area contributed by atoms with Gasteiger partial charge in [0, 0.05) is 18.6 Å². The molecule has 100 valence electrons. The number of aromatic nitrogens is 2. The number of aryl methyl sites for hydroxylation is 1. The van der Waals surface area contributed by atoms with Crippen molar-refractivity contribution in [2.45, 2.75) is 32.7 Å². The van der Waals surface area contributed by atoms with Crippen molar-refractivity contribution in [1.82, 2.24) is 15.3 Å². The summed E-state index contributed by atoms with van der Waals surface area (Å²) in [5.74, 6) is 0. The maximum Gasteiger partial charge on any atom is 0.0579 e. The molecule has 19 heavy (non-hydrogen) atoms. The van der Waals surface area contributed by atoms with E-state index in [2.05, 4.69) is 41.3 Å². The lowest BCUT2D eigenvalue weighted by Crippen LogP contribution is -2.25. The summed E-state index contributed by atoms with van der Waals surface area (Å²) in [6.45, 7) is 5.28. The highest BCUT2D eigenvalue weighted by atomic mass is 14.9. The van der Waals surface area contributed by atoms with Crippen LogP contribution in [0.15, 0.2) is 42.9 Å². The first-order chi connectivity index (χ1) is 9.29. The second-order valence-electron chi connectivity index (χ2n) is 4.83. The Bertz CT molecular complexity index is 496. The van der Waals surface area contributed by atoms with Crippen LogP contribution in [0.1, 0.15) is 36.2 Å². The zero-order chi connectivity index (χ0) is 13.5. The normalized spacial score (nSPS) is 12.3. The van der Waals surface area contributed by atoms with Gasteiger partial charge >= 0.3 is 0 Å². The molecule has 3 heteroatoms. The van der Waals surface area contributed by atoms with E-state index in [1.54, 1.807) is 0 Å². The van der Waals surface area contributed by atoms with Crippen molar-refractivity contribution in [2.24, 2.45) is 0 Å². The summed E-state index contributed by atoms with van der Waals surface area (Å²) < 4.78 is 0. The van der Waals surface area contributed by atoms with Crippen LogP contribution >= 0.6 is 0 Å². The van der Waals surface area contributed by atoms with Crippen LogP contribution in [-0.4, -0.2) is 16.5 Å². The van der Waals surface area contributed by atoms with Gasteiger partial charge in [-0.1, -0.05) is 13.0 Å². The van der Waals surface area contributed by atoms with Crippen molar-refractivity contribution in [3.05, 3.63) is 59.7 Å². The molecule has 0 aromatic carbocycles. The van der Waals surface area contributed by atoms with Crippen molar-refractivity contribution in [3.63, 3.8) is 0 Å². The van der Waals surface area contributed by atoms with Gasteiger partial charge in [-0.3, -0.25) is 9.97 Å².